The van der Waals surface area contributed by atoms with Gasteiger partial charge in [-0.25, -0.2) is 0 Å². The van der Waals surface area contributed by atoms with E-state index >= 15 is 0 Å². The molecule has 0 aromatic heterocycles. The van der Waals surface area contributed by atoms with Crippen LogP contribution in [0.2, 0.25) is 0 Å². The summed E-state index contributed by atoms with van der Waals surface area (Å²) in [5.74, 6) is -0.486. The van der Waals surface area contributed by atoms with Crippen LogP contribution < -0.4 is 0 Å². The standard InChI is InChI=1S/C42H66O5/c1-3-5-7-9-10-11-12-13-20-28-38(45-35-39-29-22-23-31-44-39)32-41(46-33-36-24-16-14-17-25-36)40(30-21-8-6-4-2)42(43)47-34-37-26-18-15-19-27-37/h14-19,24-27,38-41H,3-13,20-23,28-35H2,1-2H3/t38-,39?,40+,41+/m0/s1. The maximum Gasteiger partial charge on any atom is 0.311 e. The molecular weight excluding hydrogens is 584 g/mol. The number of esters is 1. The maximum absolute atomic E-state index is 13.9. The maximum atomic E-state index is 13.9. The summed E-state index contributed by atoms with van der Waals surface area (Å²) in [5, 5.41) is 0. The third-order valence-corrected chi connectivity index (χ3v) is 9.57. The summed E-state index contributed by atoms with van der Waals surface area (Å²) >= 11 is 0. The van der Waals surface area contributed by atoms with Crippen LogP contribution in [0, 0.1) is 5.92 Å². The Morgan fingerprint density at radius 3 is 1.89 bits per heavy atom. The Kier molecular flexibility index (Phi) is 21.5. The van der Waals surface area contributed by atoms with Crippen molar-refractivity contribution in [2.45, 2.75) is 167 Å². The summed E-state index contributed by atoms with van der Waals surface area (Å²) in [6, 6.07) is 20.3. The Morgan fingerprint density at radius 1 is 0.702 bits per heavy atom. The normalized spacial score (nSPS) is 16.9. The van der Waals surface area contributed by atoms with Gasteiger partial charge < -0.3 is 18.9 Å². The molecule has 5 heteroatoms. The molecule has 1 saturated heterocycles. The van der Waals surface area contributed by atoms with E-state index in [2.05, 4.69) is 26.0 Å². The third kappa shape index (κ3) is 17.7. The first-order valence-electron chi connectivity index (χ1n) is 19.3. The van der Waals surface area contributed by atoms with Crippen LogP contribution in [-0.2, 0) is 37.0 Å². The summed E-state index contributed by atoms with van der Waals surface area (Å²) in [6.07, 6.45) is 21.9. The number of benzene rings is 2. The SMILES string of the molecule is CCCCCCCCCCC[C@@H](C[C@@H](OCc1ccccc1)[C@@H](CCCCCC)C(=O)OCc1ccccc1)OCC1CCCCO1. The lowest BCUT2D eigenvalue weighted by molar-refractivity contribution is -0.159. The van der Waals surface area contributed by atoms with E-state index in [1.807, 2.05) is 48.5 Å². The zero-order valence-electron chi connectivity index (χ0n) is 29.9. The lowest BCUT2D eigenvalue weighted by atomic mass is 9.90. The fourth-order valence-corrected chi connectivity index (χ4v) is 6.60. The molecule has 0 spiro atoms. The molecule has 3 rings (SSSR count). The number of hydrogen-bond acceptors (Lipinski definition) is 5. The molecule has 2 aromatic carbocycles. The molecule has 1 unspecified atom stereocenters. The number of rotatable bonds is 27. The van der Waals surface area contributed by atoms with Crippen molar-refractivity contribution in [2.75, 3.05) is 13.2 Å². The summed E-state index contributed by atoms with van der Waals surface area (Å²) in [5.41, 5.74) is 2.12. The van der Waals surface area contributed by atoms with E-state index in [4.69, 9.17) is 18.9 Å². The van der Waals surface area contributed by atoms with Crippen LogP contribution in [0.25, 0.3) is 0 Å². The van der Waals surface area contributed by atoms with Crippen molar-refractivity contribution in [1.29, 1.82) is 0 Å². The molecule has 1 aliphatic heterocycles. The monoisotopic (exact) mass is 650 g/mol. The summed E-state index contributed by atoms with van der Waals surface area (Å²) in [7, 11) is 0. The van der Waals surface area contributed by atoms with Crippen molar-refractivity contribution in [3.8, 4) is 0 Å². The molecule has 0 bridgehead atoms. The van der Waals surface area contributed by atoms with Crippen LogP contribution in [0.5, 0.6) is 0 Å². The first kappa shape index (κ1) is 39.2. The van der Waals surface area contributed by atoms with Gasteiger partial charge in [0.05, 0.1) is 37.4 Å². The van der Waals surface area contributed by atoms with E-state index < -0.39 is 0 Å². The Labute approximate surface area is 287 Å². The highest BCUT2D eigenvalue weighted by Crippen LogP contribution is 2.28. The summed E-state index contributed by atoms with van der Waals surface area (Å²) in [6.45, 7) is 6.70. The van der Waals surface area contributed by atoms with Crippen molar-refractivity contribution in [2.24, 2.45) is 5.92 Å². The second kappa shape index (κ2) is 25.8. The minimum absolute atomic E-state index is 0.0194. The predicted molar refractivity (Wildman–Crippen MR) is 193 cm³/mol. The van der Waals surface area contributed by atoms with Crippen LogP contribution in [0.3, 0.4) is 0 Å². The number of carbonyl (C=O) groups excluding carboxylic acids is 1. The second-order valence-corrected chi connectivity index (χ2v) is 13.7. The van der Waals surface area contributed by atoms with E-state index in [9.17, 15) is 4.79 Å². The largest absolute Gasteiger partial charge is 0.461 e. The van der Waals surface area contributed by atoms with Gasteiger partial charge in [-0.2, -0.15) is 0 Å². The molecule has 0 N–H and O–H groups in total. The average molecular weight is 651 g/mol. The number of hydrogen-bond donors (Lipinski definition) is 0. The van der Waals surface area contributed by atoms with Gasteiger partial charge in [0.15, 0.2) is 0 Å². The van der Waals surface area contributed by atoms with Crippen molar-refractivity contribution in [3.63, 3.8) is 0 Å². The number of unbranched alkanes of at least 4 members (excludes halogenated alkanes) is 11. The first-order valence-corrected chi connectivity index (χ1v) is 19.3. The van der Waals surface area contributed by atoms with Gasteiger partial charge in [-0.3, -0.25) is 4.79 Å². The van der Waals surface area contributed by atoms with Gasteiger partial charge in [-0.1, -0.05) is 158 Å². The van der Waals surface area contributed by atoms with Crippen LogP contribution in [0.4, 0.5) is 0 Å². The van der Waals surface area contributed by atoms with Gasteiger partial charge in [0.2, 0.25) is 0 Å². The fraction of sp³-hybridized carbons (Fsp3) is 0.690. The van der Waals surface area contributed by atoms with Crippen molar-refractivity contribution >= 4 is 5.97 Å². The molecule has 0 saturated carbocycles. The van der Waals surface area contributed by atoms with E-state index in [1.54, 1.807) is 0 Å². The Balaban J connectivity index is 1.70. The molecule has 2 aromatic rings. The molecule has 0 amide bonds. The van der Waals surface area contributed by atoms with Gasteiger partial charge in [-0.15, -0.1) is 0 Å². The van der Waals surface area contributed by atoms with Crippen molar-refractivity contribution in [3.05, 3.63) is 71.8 Å². The van der Waals surface area contributed by atoms with E-state index in [0.29, 0.717) is 19.6 Å². The van der Waals surface area contributed by atoms with Gasteiger partial charge in [0.1, 0.15) is 6.61 Å². The molecular formula is C42H66O5. The zero-order chi connectivity index (χ0) is 33.2. The molecule has 47 heavy (non-hydrogen) atoms. The highest BCUT2D eigenvalue weighted by molar-refractivity contribution is 5.73. The van der Waals surface area contributed by atoms with E-state index in [0.717, 1.165) is 69.1 Å². The molecule has 1 fully saturated rings. The molecule has 264 valence electrons. The lowest BCUT2D eigenvalue weighted by Gasteiger charge is -2.31. The van der Waals surface area contributed by atoms with Gasteiger partial charge in [0, 0.05) is 13.0 Å². The molecule has 5 nitrogen and oxygen atoms in total. The molecule has 0 aliphatic carbocycles. The zero-order valence-corrected chi connectivity index (χ0v) is 29.9. The fourth-order valence-electron chi connectivity index (χ4n) is 6.60. The van der Waals surface area contributed by atoms with Crippen LogP contribution in [0.15, 0.2) is 60.7 Å². The average Bonchev–Trinajstić information content (AvgIpc) is 3.12. The highest BCUT2D eigenvalue weighted by Gasteiger charge is 2.33. The Morgan fingerprint density at radius 2 is 1.28 bits per heavy atom. The predicted octanol–water partition coefficient (Wildman–Crippen LogP) is 11.2. The van der Waals surface area contributed by atoms with Crippen LogP contribution in [0.1, 0.15) is 147 Å². The lowest BCUT2D eigenvalue weighted by Crippen LogP contribution is -2.37. The van der Waals surface area contributed by atoms with Crippen LogP contribution >= 0.6 is 0 Å². The van der Waals surface area contributed by atoms with E-state index in [-0.39, 0.29) is 36.8 Å². The van der Waals surface area contributed by atoms with Crippen LogP contribution in [-0.4, -0.2) is 37.5 Å². The van der Waals surface area contributed by atoms with Crippen molar-refractivity contribution < 1.29 is 23.7 Å². The van der Waals surface area contributed by atoms with Gasteiger partial charge >= 0.3 is 5.97 Å². The topological polar surface area (TPSA) is 54.0 Å². The quantitative estimate of drug-likeness (QED) is 0.0711. The number of carbonyl (C=O) groups is 1. The summed E-state index contributed by atoms with van der Waals surface area (Å²) in [4.78, 5) is 13.9. The molecule has 0 radical (unpaired) electrons. The minimum Gasteiger partial charge on any atom is -0.461 e. The van der Waals surface area contributed by atoms with Crippen molar-refractivity contribution in [1.82, 2.24) is 0 Å². The van der Waals surface area contributed by atoms with E-state index in [1.165, 1.54) is 64.2 Å². The molecule has 1 heterocycles. The smallest absolute Gasteiger partial charge is 0.311 e. The number of ether oxygens (including phenoxy) is 4. The molecule has 1 aliphatic rings. The van der Waals surface area contributed by atoms with Gasteiger partial charge in [0.25, 0.3) is 0 Å². The highest BCUT2D eigenvalue weighted by atomic mass is 16.5. The Hall–Kier alpha value is -2.21. The first-order chi connectivity index (χ1) is 23.2. The van der Waals surface area contributed by atoms with Gasteiger partial charge in [-0.05, 0) is 43.2 Å². The molecule has 4 atom stereocenters. The third-order valence-electron chi connectivity index (χ3n) is 9.57. The Bertz CT molecular complexity index is 1010. The second-order valence-electron chi connectivity index (χ2n) is 13.7. The summed E-state index contributed by atoms with van der Waals surface area (Å²) < 4.78 is 25.4. The minimum atomic E-state index is -0.334.